The van der Waals surface area contributed by atoms with E-state index in [1.54, 1.807) is 30.0 Å². The Kier molecular flexibility index (Phi) is 5.17. The van der Waals surface area contributed by atoms with Crippen molar-refractivity contribution in [3.8, 4) is 0 Å². The number of benzene rings is 2. The van der Waals surface area contributed by atoms with Gasteiger partial charge in [0.15, 0.2) is 0 Å². The van der Waals surface area contributed by atoms with Gasteiger partial charge in [0.05, 0.1) is 10.0 Å². The molecule has 0 radical (unpaired) electrons. The maximum absolute atomic E-state index is 11.9. The lowest BCUT2D eigenvalue weighted by Gasteiger charge is -2.09. The van der Waals surface area contributed by atoms with Gasteiger partial charge in [0.25, 0.3) is 0 Å². The summed E-state index contributed by atoms with van der Waals surface area (Å²) in [5.74, 6) is 0. The molecule has 0 spiro atoms. The molecule has 3 nitrogen and oxygen atoms in total. The maximum atomic E-state index is 11.9. The van der Waals surface area contributed by atoms with E-state index < -0.39 is 0 Å². The molecule has 0 aromatic heterocycles. The summed E-state index contributed by atoms with van der Waals surface area (Å²) in [7, 11) is 0. The van der Waals surface area contributed by atoms with Gasteiger partial charge in [0.1, 0.15) is 0 Å². The fraction of sp³-hybridized carbons (Fsp3) is 0.0714. The van der Waals surface area contributed by atoms with Crippen LogP contribution in [0.5, 0.6) is 0 Å². The molecule has 0 fully saturated rings. The third-order valence-corrected chi connectivity index (χ3v) is 3.97. The number of anilines is 2. The number of hydrogen-bond donors (Lipinski definition) is 2. The Morgan fingerprint density at radius 1 is 1.00 bits per heavy atom. The summed E-state index contributed by atoms with van der Waals surface area (Å²) in [6.45, 7) is 0. The van der Waals surface area contributed by atoms with E-state index in [2.05, 4.69) is 10.6 Å². The second-order valence-corrected chi connectivity index (χ2v) is 5.63. The van der Waals surface area contributed by atoms with Gasteiger partial charge in [-0.3, -0.25) is 0 Å². The number of hydrogen-bond acceptors (Lipinski definition) is 2. The van der Waals surface area contributed by atoms with Crippen LogP contribution in [0.25, 0.3) is 0 Å². The fourth-order valence-corrected chi connectivity index (χ4v) is 2.33. The quantitative estimate of drug-likeness (QED) is 0.745. The average Bonchev–Trinajstić information content (AvgIpc) is 2.43. The highest BCUT2D eigenvalue weighted by Gasteiger charge is 2.05. The predicted molar refractivity (Wildman–Crippen MR) is 87.3 cm³/mol. The highest BCUT2D eigenvalue weighted by Crippen LogP contribution is 2.25. The molecule has 6 heteroatoms. The van der Waals surface area contributed by atoms with Crippen LogP contribution < -0.4 is 10.6 Å². The van der Waals surface area contributed by atoms with Gasteiger partial charge in [-0.1, -0.05) is 29.3 Å². The normalized spacial score (nSPS) is 10.2. The smallest absolute Gasteiger partial charge is 0.308 e. The lowest BCUT2D eigenvalue weighted by Crippen LogP contribution is -2.19. The van der Waals surface area contributed by atoms with E-state index in [1.165, 1.54) is 0 Å². The van der Waals surface area contributed by atoms with Crippen molar-refractivity contribution in [1.82, 2.24) is 0 Å². The van der Waals surface area contributed by atoms with Crippen molar-refractivity contribution in [3.05, 3.63) is 52.5 Å². The molecule has 2 aromatic carbocycles. The molecular weight excluding hydrogens is 315 g/mol. The zero-order chi connectivity index (χ0) is 14.5. The van der Waals surface area contributed by atoms with Crippen molar-refractivity contribution in [2.24, 2.45) is 0 Å². The minimum atomic E-state index is -0.332. The first-order chi connectivity index (χ1) is 9.58. The van der Waals surface area contributed by atoms with E-state index >= 15 is 0 Å². The van der Waals surface area contributed by atoms with Crippen LogP contribution in [0.4, 0.5) is 16.2 Å². The first-order valence-electron chi connectivity index (χ1n) is 5.75. The molecule has 104 valence electrons. The zero-order valence-corrected chi connectivity index (χ0v) is 12.9. The molecule has 2 aromatic rings. The molecule has 0 heterocycles. The molecule has 2 N–H and O–H groups in total. The van der Waals surface area contributed by atoms with Gasteiger partial charge >= 0.3 is 6.03 Å². The van der Waals surface area contributed by atoms with E-state index in [-0.39, 0.29) is 6.03 Å². The monoisotopic (exact) mass is 326 g/mol. The summed E-state index contributed by atoms with van der Waals surface area (Å²) in [5.41, 5.74) is 1.31. The lowest BCUT2D eigenvalue weighted by molar-refractivity contribution is 0.262. The fourth-order valence-electron chi connectivity index (χ4n) is 1.57. The van der Waals surface area contributed by atoms with Crippen molar-refractivity contribution in [2.75, 3.05) is 16.9 Å². The highest BCUT2D eigenvalue weighted by molar-refractivity contribution is 7.98. The van der Waals surface area contributed by atoms with Crippen molar-refractivity contribution >= 4 is 52.4 Å². The second-order valence-electron chi connectivity index (χ2n) is 3.94. The third-order valence-electron chi connectivity index (χ3n) is 2.51. The van der Waals surface area contributed by atoms with Crippen LogP contribution >= 0.6 is 35.0 Å². The molecule has 2 amide bonds. The van der Waals surface area contributed by atoms with E-state index in [0.29, 0.717) is 15.7 Å². The molecule has 0 saturated carbocycles. The number of nitrogens with one attached hydrogen (secondary N) is 2. The zero-order valence-electron chi connectivity index (χ0n) is 10.6. The average molecular weight is 327 g/mol. The Balaban J connectivity index is 2.03. The molecule has 0 unspecified atom stereocenters. The highest BCUT2D eigenvalue weighted by atomic mass is 35.5. The third kappa shape index (κ3) is 4.07. The first kappa shape index (κ1) is 15.0. The van der Waals surface area contributed by atoms with Gasteiger partial charge in [0.2, 0.25) is 0 Å². The van der Waals surface area contributed by atoms with Crippen LogP contribution in [0.1, 0.15) is 0 Å². The SMILES string of the molecule is CSc1cccc(NC(=O)Nc2ccc(Cl)c(Cl)c2)c1. The van der Waals surface area contributed by atoms with E-state index in [0.717, 1.165) is 10.6 Å². The Bertz CT molecular complexity index is 634. The Morgan fingerprint density at radius 2 is 1.70 bits per heavy atom. The number of amides is 2. The molecule has 0 bridgehead atoms. The summed E-state index contributed by atoms with van der Waals surface area (Å²) < 4.78 is 0. The standard InChI is InChI=1S/C14H12Cl2N2OS/c1-20-11-4-2-3-9(7-11)17-14(19)18-10-5-6-12(15)13(16)8-10/h2-8H,1H3,(H2,17,18,19). The van der Waals surface area contributed by atoms with Crippen molar-refractivity contribution in [1.29, 1.82) is 0 Å². The van der Waals surface area contributed by atoms with Gasteiger partial charge in [-0.25, -0.2) is 4.79 Å². The maximum Gasteiger partial charge on any atom is 0.323 e. The van der Waals surface area contributed by atoms with Gasteiger partial charge in [0, 0.05) is 16.3 Å². The van der Waals surface area contributed by atoms with Crippen LogP contribution in [-0.2, 0) is 0 Å². The Morgan fingerprint density at radius 3 is 2.35 bits per heavy atom. The lowest BCUT2D eigenvalue weighted by atomic mass is 10.3. The molecule has 0 atom stereocenters. The number of carbonyl (C=O) groups is 1. The Hall–Kier alpha value is -1.36. The summed E-state index contributed by atoms with van der Waals surface area (Å²) in [6, 6.07) is 12.2. The van der Waals surface area contributed by atoms with Crippen molar-refractivity contribution in [3.63, 3.8) is 0 Å². The number of thioether (sulfide) groups is 1. The van der Waals surface area contributed by atoms with Crippen LogP contribution in [0.3, 0.4) is 0 Å². The molecule has 20 heavy (non-hydrogen) atoms. The molecular formula is C14H12Cl2N2OS. The number of urea groups is 1. The first-order valence-corrected chi connectivity index (χ1v) is 7.73. The van der Waals surface area contributed by atoms with Gasteiger partial charge in [-0.2, -0.15) is 0 Å². The van der Waals surface area contributed by atoms with Gasteiger partial charge in [-0.15, -0.1) is 11.8 Å². The minimum absolute atomic E-state index is 0.332. The number of halogens is 2. The van der Waals surface area contributed by atoms with Crippen LogP contribution in [0.2, 0.25) is 10.0 Å². The van der Waals surface area contributed by atoms with Crippen molar-refractivity contribution < 1.29 is 4.79 Å². The molecule has 0 saturated heterocycles. The topological polar surface area (TPSA) is 41.1 Å². The Labute approximate surface area is 131 Å². The molecule has 0 aliphatic rings. The predicted octanol–water partition coefficient (Wildman–Crippen LogP) is 5.36. The summed E-state index contributed by atoms with van der Waals surface area (Å²) in [6.07, 6.45) is 1.98. The van der Waals surface area contributed by atoms with E-state index in [1.807, 2.05) is 30.5 Å². The van der Waals surface area contributed by atoms with Gasteiger partial charge < -0.3 is 10.6 Å². The van der Waals surface area contributed by atoms with Crippen molar-refractivity contribution in [2.45, 2.75) is 4.90 Å². The molecule has 0 aliphatic carbocycles. The van der Waals surface area contributed by atoms with Gasteiger partial charge in [-0.05, 0) is 42.7 Å². The summed E-state index contributed by atoms with van der Waals surface area (Å²) >= 11 is 13.3. The molecule has 2 rings (SSSR count). The van der Waals surface area contributed by atoms with Crippen LogP contribution in [-0.4, -0.2) is 12.3 Å². The summed E-state index contributed by atoms with van der Waals surface area (Å²) in [5, 5.41) is 6.30. The largest absolute Gasteiger partial charge is 0.323 e. The molecule has 0 aliphatic heterocycles. The van der Waals surface area contributed by atoms with Crippen LogP contribution in [0, 0.1) is 0 Å². The van der Waals surface area contributed by atoms with E-state index in [4.69, 9.17) is 23.2 Å². The minimum Gasteiger partial charge on any atom is -0.308 e. The van der Waals surface area contributed by atoms with E-state index in [9.17, 15) is 4.79 Å². The van der Waals surface area contributed by atoms with Crippen LogP contribution in [0.15, 0.2) is 47.4 Å². The number of carbonyl (C=O) groups excluding carboxylic acids is 1. The summed E-state index contributed by atoms with van der Waals surface area (Å²) in [4.78, 5) is 13.0. The second kappa shape index (κ2) is 6.88. The number of rotatable bonds is 3.